The molecule has 1 aromatic heterocycles. The number of anilines is 2. The number of nitrogens with zero attached hydrogens (tertiary/aromatic N) is 1. The van der Waals surface area contributed by atoms with Crippen LogP contribution >= 0.6 is 0 Å². The zero-order valence-electron chi connectivity index (χ0n) is 7.71. The summed E-state index contributed by atoms with van der Waals surface area (Å²) >= 11 is 0. The second-order valence-corrected chi connectivity index (χ2v) is 3.08. The van der Waals surface area contributed by atoms with Crippen LogP contribution in [0.3, 0.4) is 0 Å². The third-order valence-electron chi connectivity index (χ3n) is 1.80. The van der Waals surface area contributed by atoms with E-state index in [4.69, 9.17) is 0 Å². The van der Waals surface area contributed by atoms with E-state index in [0.717, 1.165) is 5.56 Å². The highest BCUT2D eigenvalue weighted by atomic mass is 19.1. The Morgan fingerprint density at radius 2 is 2.21 bits per heavy atom. The van der Waals surface area contributed by atoms with Gasteiger partial charge in [-0.25, -0.2) is 9.37 Å². The molecule has 0 aliphatic heterocycles. The Morgan fingerprint density at radius 3 is 2.86 bits per heavy atom. The fraction of sp³-hybridized carbons (Fsp3) is 0.100. The van der Waals surface area contributed by atoms with E-state index < -0.39 is 0 Å². The van der Waals surface area contributed by atoms with Crippen LogP contribution in [0.25, 0.3) is 0 Å². The predicted octanol–water partition coefficient (Wildman–Crippen LogP) is 2.60. The van der Waals surface area contributed by atoms with Gasteiger partial charge in [-0.15, -0.1) is 0 Å². The first-order chi connectivity index (χ1) is 6.74. The van der Waals surface area contributed by atoms with Crippen LogP contribution in [0.2, 0.25) is 0 Å². The van der Waals surface area contributed by atoms with Gasteiger partial charge in [-0.05, 0) is 30.7 Å². The molecule has 0 aliphatic rings. The maximum absolute atomic E-state index is 13.0. The van der Waals surface area contributed by atoms with Crippen LogP contribution in [0.1, 0.15) is 5.56 Å². The van der Waals surface area contributed by atoms with E-state index in [1.807, 2.05) is 13.0 Å². The van der Waals surface area contributed by atoms with Crippen molar-refractivity contribution >= 4 is 11.6 Å². The molecule has 72 valence electrons. The summed E-state index contributed by atoms with van der Waals surface area (Å²) in [7, 11) is 0. The summed E-state index contributed by atoms with van der Waals surface area (Å²) in [6, 6.07) is 4.76. The van der Waals surface area contributed by atoms with Crippen molar-refractivity contribution in [2.75, 3.05) is 5.32 Å². The molecule has 0 bridgehead atoms. The summed E-state index contributed by atoms with van der Waals surface area (Å²) in [5.41, 5.74) is 1.57. The molecule has 0 aliphatic carbocycles. The van der Waals surface area contributed by atoms with E-state index >= 15 is 0 Å². The Labute approximate surface area is 81.0 Å². The standard InChI is InChI=1S/C10H10FN3/c1-7-4-8(11)6-9(5-7)14-10-12-2-3-13-10/h2-6H,1H3,(H2,12,13,14). The van der Waals surface area contributed by atoms with Crippen LogP contribution in [0, 0.1) is 12.7 Å². The number of imidazole rings is 1. The Balaban J connectivity index is 2.25. The zero-order chi connectivity index (χ0) is 9.97. The van der Waals surface area contributed by atoms with Gasteiger partial charge in [0, 0.05) is 18.1 Å². The minimum atomic E-state index is -0.251. The van der Waals surface area contributed by atoms with E-state index in [1.165, 1.54) is 12.1 Å². The molecule has 0 radical (unpaired) electrons. The van der Waals surface area contributed by atoms with Gasteiger partial charge in [-0.3, -0.25) is 0 Å². The second-order valence-electron chi connectivity index (χ2n) is 3.08. The quantitative estimate of drug-likeness (QED) is 0.766. The lowest BCUT2D eigenvalue weighted by atomic mass is 10.2. The molecule has 0 amide bonds. The van der Waals surface area contributed by atoms with Crippen LogP contribution in [-0.4, -0.2) is 9.97 Å². The normalized spacial score (nSPS) is 10.1. The Bertz CT molecular complexity index is 403. The lowest BCUT2D eigenvalue weighted by molar-refractivity contribution is 0.627. The lowest BCUT2D eigenvalue weighted by Gasteiger charge is -2.03. The van der Waals surface area contributed by atoms with Gasteiger partial charge >= 0.3 is 0 Å². The highest BCUT2D eigenvalue weighted by molar-refractivity contribution is 5.54. The third-order valence-corrected chi connectivity index (χ3v) is 1.80. The van der Waals surface area contributed by atoms with Crippen LogP contribution < -0.4 is 5.32 Å². The molecule has 0 spiro atoms. The molecule has 2 aromatic rings. The molecule has 4 heteroatoms. The SMILES string of the molecule is Cc1cc(F)cc(Nc2ncc[nH]2)c1. The molecular weight excluding hydrogens is 181 g/mol. The maximum Gasteiger partial charge on any atom is 0.204 e. The van der Waals surface area contributed by atoms with Crippen molar-refractivity contribution in [1.82, 2.24) is 9.97 Å². The number of H-pyrrole nitrogens is 1. The fourth-order valence-electron chi connectivity index (χ4n) is 1.28. The van der Waals surface area contributed by atoms with Crippen molar-refractivity contribution < 1.29 is 4.39 Å². The first-order valence-corrected chi connectivity index (χ1v) is 4.27. The first-order valence-electron chi connectivity index (χ1n) is 4.27. The van der Waals surface area contributed by atoms with Crippen LogP contribution in [0.4, 0.5) is 16.0 Å². The van der Waals surface area contributed by atoms with E-state index in [1.54, 1.807) is 12.4 Å². The number of aryl methyl sites for hydroxylation is 1. The van der Waals surface area contributed by atoms with Crippen molar-refractivity contribution in [3.05, 3.63) is 42.0 Å². The number of nitrogens with one attached hydrogen (secondary N) is 2. The third kappa shape index (κ3) is 1.90. The molecular formula is C10H10FN3. The summed E-state index contributed by atoms with van der Waals surface area (Å²) in [4.78, 5) is 6.86. The summed E-state index contributed by atoms with van der Waals surface area (Å²) in [5.74, 6) is 0.356. The number of hydrogen-bond donors (Lipinski definition) is 2. The van der Waals surface area contributed by atoms with Gasteiger partial charge in [-0.1, -0.05) is 0 Å². The Hall–Kier alpha value is -1.84. The van der Waals surface area contributed by atoms with Gasteiger partial charge in [0.15, 0.2) is 0 Å². The number of halogens is 1. The fourth-order valence-corrected chi connectivity index (χ4v) is 1.28. The van der Waals surface area contributed by atoms with E-state index in [0.29, 0.717) is 11.6 Å². The molecule has 0 atom stereocenters. The zero-order valence-corrected chi connectivity index (χ0v) is 7.71. The van der Waals surface area contributed by atoms with Crippen molar-refractivity contribution in [3.8, 4) is 0 Å². The van der Waals surface area contributed by atoms with Crippen molar-refractivity contribution in [2.45, 2.75) is 6.92 Å². The predicted molar refractivity (Wildman–Crippen MR) is 53.0 cm³/mol. The lowest BCUT2D eigenvalue weighted by Crippen LogP contribution is -1.93. The van der Waals surface area contributed by atoms with Crippen LogP contribution in [0.15, 0.2) is 30.6 Å². The average molecular weight is 191 g/mol. The van der Waals surface area contributed by atoms with Crippen molar-refractivity contribution in [2.24, 2.45) is 0 Å². The van der Waals surface area contributed by atoms with Crippen molar-refractivity contribution in [3.63, 3.8) is 0 Å². The topological polar surface area (TPSA) is 40.7 Å². The van der Waals surface area contributed by atoms with E-state index in [2.05, 4.69) is 15.3 Å². The summed E-state index contributed by atoms with van der Waals surface area (Å²) in [6.45, 7) is 1.84. The number of benzene rings is 1. The molecule has 2 N–H and O–H groups in total. The Kier molecular flexibility index (Phi) is 2.18. The number of hydrogen-bond acceptors (Lipinski definition) is 2. The summed E-state index contributed by atoms with van der Waals surface area (Å²) in [6.07, 6.45) is 3.34. The molecule has 1 heterocycles. The number of rotatable bonds is 2. The van der Waals surface area contributed by atoms with Gasteiger partial charge in [-0.2, -0.15) is 0 Å². The average Bonchev–Trinajstić information content (AvgIpc) is 2.54. The Morgan fingerprint density at radius 1 is 1.36 bits per heavy atom. The van der Waals surface area contributed by atoms with Gasteiger partial charge < -0.3 is 10.3 Å². The summed E-state index contributed by atoms with van der Waals surface area (Å²) < 4.78 is 13.0. The van der Waals surface area contributed by atoms with Crippen LogP contribution in [0.5, 0.6) is 0 Å². The highest BCUT2D eigenvalue weighted by Crippen LogP contribution is 2.16. The van der Waals surface area contributed by atoms with Gasteiger partial charge in [0.2, 0.25) is 5.95 Å². The van der Waals surface area contributed by atoms with E-state index in [9.17, 15) is 4.39 Å². The second kappa shape index (κ2) is 3.49. The molecule has 2 rings (SSSR count). The minimum Gasteiger partial charge on any atom is -0.331 e. The van der Waals surface area contributed by atoms with Crippen molar-refractivity contribution in [1.29, 1.82) is 0 Å². The first kappa shape index (κ1) is 8.74. The van der Waals surface area contributed by atoms with Gasteiger partial charge in [0.25, 0.3) is 0 Å². The minimum absolute atomic E-state index is 0.251. The summed E-state index contributed by atoms with van der Waals surface area (Å²) in [5, 5.41) is 2.96. The molecule has 0 saturated heterocycles. The molecule has 0 unspecified atom stereocenters. The monoisotopic (exact) mass is 191 g/mol. The molecule has 0 fully saturated rings. The van der Waals surface area contributed by atoms with Crippen LogP contribution in [-0.2, 0) is 0 Å². The highest BCUT2D eigenvalue weighted by Gasteiger charge is 1.99. The molecule has 14 heavy (non-hydrogen) atoms. The van der Waals surface area contributed by atoms with Gasteiger partial charge in [0.05, 0.1) is 0 Å². The number of aromatic amines is 1. The molecule has 1 aromatic carbocycles. The number of aromatic nitrogens is 2. The maximum atomic E-state index is 13.0. The molecule has 3 nitrogen and oxygen atoms in total. The van der Waals surface area contributed by atoms with Gasteiger partial charge in [0.1, 0.15) is 5.82 Å². The largest absolute Gasteiger partial charge is 0.331 e. The van der Waals surface area contributed by atoms with E-state index in [-0.39, 0.29) is 5.82 Å². The molecule has 0 saturated carbocycles. The smallest absolute Gasteiger partial charge is 0.204 e.